The molecule has 7 heteroatoms. The van der Waals surface area contributed by atoms with E-state index in [9.17, 15) is 5.26 Å². The van der Waals surface area contributed by atoms with Gasteiger partial charge in [-0.2, -0.15) is 10.5 Å². The van der Waals surface area contributed by atoms with Crippen LogP contribution < -0.4 is 4.90 Å². The summed E-state index contributed by atoms with van der Waals surface area (Å²) in [5.41, 5.74) is 1.96. The number of hydrogen-bond donors (Lipinski definition) is 0. The van der Waals surface area contributed by atoms with Crippen molar-refractivity contribution >= 4 is 25.0 Å². The molecule has 0 N–H and O–H groups in total. The van der Waals surface area contributed by atoms with E-state index in [1.807, 2.05) is 18.2 Å². The van der Waals surface area contributed by atoms with E-state index in [-0.39, 0.29) is 6.10 Å². The van der Waals surface area contributed by atoms with E-state index >= 15 is 0 Å². The number of nitrogens with zero attached hydrogens (tertiary/aromatic N) is 4. The molecule has 4 rings (SSSR count). The van der Waals surface area contributed by atoms with Crippen molar-refractivity contribution in [3.63, 3.8) is 0 Å². The minimum Gasteiger partial charge on any atom is -0.365 e. The monoisotopic (exact) mass is 478 g/mol. The molecule has 4 atom stereocenters. The number of hydrogen-bond acceptors (Lipinski definition) is 6. The molecule has 2 heterocycles. The molecule has 0 saturated carbocycles. The third kappa shape index (κ3) is 5.07. The zero-order valence-corrected chi connectivity index (χ0v) is 21.5. The number of nitriles is 2. The van der Waals surface area contributed by atoms with Gasteiger partial charge in [-0.05, 0) is 65.5 Å². The van der Waals surface area contributed by atoms with Crippen LogP contribution in [0.4, 0.5) is 5.69 Å². The van der Waals surface area contributed by atoms with E-state index in [1.54, 1.807) is 0 Å². The first kappa shape index (κ1) is 24.9. The SMILES string of the molecule is CC(C)N(C(C)C)P(OCCC#N)O[C@H]1C[C@H]2CC[C@@H](C1)N2c1ccc(C#N)c2ccccc12. The quantitative estimate of drug-likeness (QED) is 0.302. The molecule has 0 amide bonds. The molecule has 0 aromatic heterocycles. The summed E-state index contributed by atoms with van der Waals surface area (Å²) in [6, 6.07) is 18.3. The molecule has 2 aromatic rings. The van der Waals surface area contributed by atoms with Gasteiger partial charge in [-0.25, -0.2) is 4.67 Å². The Balaban J connectivity index is 1.54. The molecule has 2 saturated heterocycles. The number of piperidine rings is 1. The number of fused-ring (bicyclic) bond motifs is 3. The fourth-order valence-electron chi connectivity index (χ4n) is 5.63. The molecule has 0 aliphatic carbocycles. The standard InChI is InChI=1S/C27H35N4O2P/c1-19(2)31(20(3)4)34(32-15-7-14-28)33-24-16-22-11-12-23(17-24)30(22)27-13-10-21(18-29)25-8-5-6-9-26(25)27/h5-6,8-10,13,19-20,22-24H,7,11-12,15-17H2,1-4H3/t22-,23+,24+,34?. The number of anilines is 1. The van der Waals surface area contributed by atoms with Crippen LogP contribution >= 0.6 is 8.53 Å². The Morgan fingerprint density at radius 1 is 1.00 bits per heavy atom. The smallest absolute Gasteiger partial charge is 0.259 e. The maximum atomic E-state index is 9.56. The summed E-state index contributed by atoms with van der Waals surface area (Å²) in [4.78, 5) is 2.59. The van der Waals surface area contributed by atoms with Gasteiger partial charge in [0.15, 0.2) is 0 Å². The Hall–Kier alpha value is -2.21. The summed E-state index contributed by atoms with van der Waals surface area (Å²) >= 11 is 0. The van der Waals surface area contributed by atoms with E-state index in [0.29, 0.717) is 37.2 Å². The lowest BCUT2D eigenvalue weighted by Crippen LogP contribution is -2.46. The van der Waals surface area contributed by atoms with Crippen molar-refractivity contribution in [3.8, 4) is 12.1 Å². The van der Waals surface area contributed by atoms with E-state index in [0.717, 1.165) is 42.0 Å². The van der Waals surface area contributed by atoms with Crippen molar-refractivity contribution in [2.45, 2.75) is 90.1 Å². The average Bonchev–Trinajstić information content (AvgIpc) is 3.07. The Kier molecular flexibility index (Phi) is 8.07. The normalized spacial score (nSPS) is 23.0. The first-order chi connectivity index (χ1) is 16.4. The molecule has 6 nitrogen and oxygen atoms in total. The summed E-state index contributed by atoms with van der Waals surface area (Å²) < 4.78 is 15.2. The van der Waals surface area contributed by atoms with E-state index in [1.165, 1.54) is 5.69 Å². The Morgan fingerprint density at radius 2 is 1.65 bits per heavy atom. The average molecular weight is 479 g/mol. The Morgan fingerprint density at radius 3 is 2.24 bits per heavy atom. The molecule has 2 aliphatic rings. The highest BCUT2D eigenvalue weighted by molar-refractivity contribution is 7.44. The van der Waals surface area contributed by atoms with Gasteiger partial charge in [0.1, 0.15) is 0 Å². The van der Waals surface area contributed by atoms with Gasteiger partial charge >= 0.3 is 0 Å². The molecule has 34 heavy (non-hydrogen) atoms. The highest BCUT2D eigenvalue weighted by Gasteiger charge is 2.43. The first-order valence-corrected chi connectivity index (χ1v) is 13.5. The zero-order chi connectivity index (χ0) is 24.2. The minimum atomic E-state index is -1.22. The van der Waals surface area contributed by atoms with Crippen molar-refractivity contribution in [2.75, 3.05) is 11.5 Å². The maximum absolute atomic E-state index is 9.56. The van der Waals surface area contributed by atoms with Crippen molar-refractivity contribution < 1.29 is 9.05 Å². The predicted octanol–water partition coefficient (Wildman–Crippen LogP) is 6.50. The van der Waals surface area contributed by atoms with Gasteiger partial charge in [-0.1, -0.05) is 24.3 Å². The van der Waals surface area contributed by atoms with Crippen molar-refractivity contribution in [1.29, 1.82) is 10.5 Å². The second-order valence-electron chi connectivity index (χ2n) is 9.83. The van der Waals surface area contributed by atoms with Gasteiger partial charge in [0.25, 0.3) is 8.53 Å². The molecule has 2 aliphatic heterocycles. The molecule has 2 bridgehead atoms. The van der Waals surface area contributed by atoms with Gasteiger partial charge in [0.05, 0.1) is 36.8 Å². The molecule has 2 aromatic carbocycles. The molecule has 0 radical (unpaired) electrons. The number of benzene rings is 2. The lowest BCUT2D eigenvalue weighted by atomic mass is 9.96. The van der Waals surface area contributed by atoms with Gasteiger partial charge in [0, 0.05) is 40.6 Å². The minimum absolute atomic E-state index is 0.145. The van der Waals surface area contributed by atoms with Crippen LogP contribution in [0.15, 0.2) is 36.4 Å². The summed E-state index contributed by atoms with van der Waals surface area (Å²) in [5, 5.41) is 20.7. The highest BCUT2D eigenvalue weighted by atomic mass is 31.2. The third-order valence-corrected chi connectivity index (χ3v) is 9.07. The van der Waals surface area contributed by atoms with Crippen LogP contribution in [-0.2, 0) is 9.05 Å². The molecule has 1 unspecified atom stereocenters. The molecule has 2 fully saturated rings. The maximum Gasteiger partial charge on any atom is 0.259 e. The van der Waals surface area contributed by atoms with Crippen LogP contribution in [0.5, 0.6) is 0 Å². The topological polar surface area (TPSA) is 72.5 Å². The van der Waals surface area contributed by atoms with Gasteiger partial charge in [-0.15, -0.1) is 0 Å². The fraction of sp³-hybridized carbons (Fsp3) is 0.556. The van der Waals surface area contributed by atoms with Crippen molar-refractivity contribution in [2.24, 2.45) is 0 Å². The first-order valence-electron chi connectivity index (χ1n) is 12.4. The second kappa shape index (κ2) is 11.0. The van der Waals surface area contributed by atoms with Crippen molar-refractivity contribution in [1.82, 2.24) is 4.67 Å². The predicted molar refractivity (Wildman–Crippen MR) is 137 cm³/mol. The van der Waals surface area contributed by atoms with E-state index in [2.05, 4.69) is 67.6 Å². The highest BCUT2D eigenvalue weighted by Crippen LogP contribution is 2.51. The van der Waals surface area contributed by atoms with Gasteiger partial charge in [0.2, 0.25) is 0 Å². The lowest BCUT2D eigenvalue weighted by Gasteiger charge is -2.43. The summed E-state index contributed by atoms with van der Waals surface area (Å²) in [6.07, 6.45) is 4.77. The van der Waals surface area contributed by atoms with Crippen LogP contribution in [0, 0.1) is 22.7 Å². The molecular formula is C27H35N4O2P. The fourth-order valence-corrected chi connectivity index (χ4v) is 7.37. The summed E-state index contributed by atoms with van der Waals surface area (Å²) in [5.74, 6) is 0. The Labute approximate surface area is 205 Å². The number of rotatable bonds is 9. The lowest BCUT2D eigenvalue weighted by molar-refractivity contribution is 0.105. The van der Waals surface area contributed by atoms with E-state index in [4.69, 9.17) is 14.3 Å². The van der Waals surface area contributed by atoms with Crippen molar-refractivity contribution in [3.05, 3.63) is 42.0 Å². The Bertz CT molecular complexity index is 1050. The second-order valence-corrected chi connectivity index (χ2v) is 11.2. The van der Waals surface area contributed by atoms with Crippen LogP contribution in [0.2, 0.25) is 0 Å². The van der Waals surface area contributed by atoms with Crippen LogP contribution in [0.1, 0.15) is 65.4 Å². The largest absolute Gasteiger partial charge is 0.365 e. The zero-order valence-electron chi connectivity index (χ0n) is 20.6. The van der Waals surface area contributed by atoms with E-state index < -0.39 is 8.53 Å². The van der Waals surface area contributed by atoms with Crippen LogP contribution in [-0.4, -0.2) is 41.5 Å². The van der Waals surface area contributed by atoms with Crippen LogP contribution in [0.25, 0.3) is 10.8 Å². The van der Waals surface area contributed by atoms with Crippen LogP contribution in [0.3, 0.4) is 0 Å². The third-order valence-electron chi connectivity index (χ3n) is 6.89. The molecule has 0 spiro atoms. The molecule has 180 valence electrons. The summed E-state index contributed by atoms with van der Waals surface area (Å²) in [7, 11) is -1.22. The van der Waals surface area contributed by atoms with Gasteiger partial charge in [-0.3, -0.25) is 0 Å². The van der Waals surface area contributed by atoms with Gasteiger partial charge < -0.3 is 13.9 Å². The molecular weight excluding hydrogens is 443 g/mol. The summed E-state index contributed by atoms with van der Waals surface area (Å²) in [6.45, 7) is 9.10.